The summed E-state index contributed by atoms with van der Waals surface area (Å²) in [5.41, 5.74) is 2.15. The Morgan fingerprint density at radius 2 is 1.83 bits per heavy atom. The van der Waals surface area contributed by atoms with E-state index < -0.39 is 11.6 Å². The Balaban J connectivity index is 2.14. The van der Waals surface area contributed by atoms with Gasteiger partial charge in [0.1, 0.15) is 12.0 Å². The van der Waals surface area contributed by atoms with Crippen molar-refractivity contribution in [3.8, 4) is 11.3 Å². The lowest BCUT2D eigenvalue weighted by atomic mass is 10.0. The predicted octanol–water partition coefficient (Wildman–Crippen LogP) is 3.37. The van der Waals surface area contributed by atoms with Crippen LogP contribution in [0.3, 0.4) is 0 Å². The maximum atomic E-state index is 12.2. The molecule has 120 valence electrons. The molecule has 0 spiro atoms. The largest absolute Gasteiger partial charge is 0.460 e. The number of benzene rings is 1. The maximum absolute atomic E-state index is 12.2. The molecule has 0 aliphatic heterocycles. The number of nitrogens with zero attached hydrogens (tertiary/aromatic N) is 2. The molecule has 5 heteroatoms. The minimum Gasteiger partial charge on any atom is -0.460 e. The molecule has 0 unspecified atom stereocenters. The zero-order valence-corrected chi connectivity index (χ0v) is 13.8. The third-order valence-corrected chi connectivity index (χ3v) is 3.00. The normalized spacial score (nSPS) is 11.1. The van der Waals surface area contributed by atoms with Crippen LogP contribution >= 0.6 is 0 Å². The highest BCUT2D eigenvalue weighted by Crippen LogP contribution is 2.19. The fourth-order valence-corrected chi connectivity index (χ4v) is 2.02. The van der Waals surface area contributed by atoms with Crippen LogP contribution in [-0.2, 0) is 9.53 Å². The van der Waals surface area contributed by atoms with Crippen LogP contribution in [0, 0.1) is 6.92 Å². The molecule has 0 N–H and O–H groups in total. The number of aryl methyl sites for hydroxylation is 1. The fraction of sp³-hybridized carbons (Fsp3) is 0.333. The fourth-order valence-electron chi connectivity index (χ4n) is 2.02. The van der Waals surface area contributed by atoms with E-state index in [1.165, 1.54) is 0 Å². The number of carbonyl (C=O) groups is 2. The van der Waals surface area contributed by atoms with Gasteiger partial charge in [-0.05, 0) is 45.9 Å². The molecule has 1 aromatic heterocycles. The highest BCUT2D eigenvalue weighted by molar-refractivity contribution is 6.06. The summed E-state index contributed by atoms with van der Waals surface area (Å²) in [5, 5.41) is 8.12. The summed E-state index contributed by atoms with van der Waals surface area (Å²) in [6, 6.07) is 10.7. The Morgan fingerprint density at radius 1 is 1.09 bits per heavy atom. The van der Waals surface area contributed by atoms with Gasteiger partial charge in [0.15, 0.2) is 5.78 Å². The van der Waals surface area contributed by atoms with Gasteiger partial charge in [0.25, 0.3) is 0 Å². The van der Waals surface area contributed by atoms with Crippen LogP contribution in [0.5, 0.6) is 0 Å². The van der Waals surface area contributed by atoms with Gasteiger partial charge in [-0.2, -0.15) is 10.2 Å². The lowest BCUT2D eigenvalue weighted by Crippen LogP contribution is -2.25. The second-order valence-corrected chi connectivity index (χ2v) is 6.33. The van der Waals surface area contributed by atoms with E-state index in [1.54, 1.807) is 39.0 Å². The molecule has 0 saturated heterocycles. The molecule has 0 radical (unpaired) electrons. The third-order valence-electron chi connectivity index (χ3n) is 3.00. The molecule has 0 amide bonds. The van der Waals surface area contributed by atoms with Crippen molar-refractivity contribution >= 4 is 11.8 Å². The average molecular weight is 312 g/mol. The standard InChI is InChI=1S/C18H20N2O3/c1-12-8-9-15(20-19-12)13-6-5-7-14(10-13)16(21)11-17(22)23-18(2,3)4/h5-10H,11H2,1-4H3. The van der Waals surface area contributed by atoms with Crippen LogP contribution in [0.15, 0.2) is 36.4 Å². The first-order valence-corrected chi connectivity index (χ1v) is 7.40. The summed E-state index contributed by atoms with van der Waals surface area (Å²) in [6.07, 6.45) is -0.277. The number of hydrogen-bond donors (Lipinski definition) is 0. The van der Waals surface area contributed by atoms with E-state index in [2.05, 4.69) is 10.2 Å². The summed E-state index contributed by atoms with van der Waals surface area (Å²) in [4.78, 5) is 24.0. The average Bonchev–Trinajstić information content (AvgIpc) is 2.46. The van der Waals surface area contributed by atoms with Gasteiger partial charge < -0.3 is 4.74 Å². The molecule has 1 heterocycles. The number of rotatable bonds is 4. The molecular formula is C18H20N2O3. The Morgan fingerprint density at radius 3 is 2.43 bits per heavy atom. The summed E-state index contributed by atoms with van der Waals surface area (Å²) in [7, 11) is 0. The Kier molecular flexibility index (Phi) is 4.89. The van der Waals surface area contributed by atoms with Gasteiger partial charge >= 0.3 is 5.97 Å². The Hall–Kier alpha value is -2.56. The van der Waals surface area contributed by atoms with Crippen LogP contribution in [0.4, 0.5) is 0 Å². The van der Waals surface area contributed by atoms with E-state index in [0.29, 0.717) is 11.3 Å². The molecule has 1 aromatic carbocycles. The molecule has 5 nitrogen and oxygen atoms in total. The van der Waals surface area contributed by atoms with Crippen molar-refractivity contribution in [3.63, 3.8) is 0 Å². The van der Waals surface area contributed by atoms with Crippen molar-refractivity contribution < 1.29 is 14.3 Å². The smallest absolute Gasteiger partial charge is 0.314 e. The lowest BCUT2D eigenvalue weighted by Gasteiger charge is -2.19. The van der Waals surface area contributed by atoms with E-state index in [1.807, 2.05) is 25.1 Å². The molecule has 0 saturated carbocycles. The zero-order chi connectivity index (χ0) is 17.0. The van der Waals surface area contributed by atoms with Gasteiger partial charge in [-0.15, -0.1) is 0 Å². The topological polar surface area (TPSA) is 69.2 Å². The van der Waals surface area contributed by atoms with Crippen LogP contribution in [-0.4, -0.2) is 27.6 Å². The highest BCUT2D eigenvalue weighted by Gasteiger charge is 2.20. The number of ketones is 1. The monoisotopic (exact) mass is 312 g/mol. The van der Waals surface area contributed by atoms with Crippen molar-refractivity contribution in [1.29, 1.82) is 0 Å². The van der Waals surface area contributed by atoms with Gasteiger partial charge in [-0.25, -0.2) is 0 Å². The van der Waals surface area contributed by atoms with E-state index in [9.17, 15) is 9.59 Å². The van der Waals surface area contributed by atoms with Crippen molar-refractivity contribution in [2.24, 2.45) is 0 Å². The van der Waals surface area contributed by atoms with Gasteiger partial charge in [0, 0.05) is 11.1 Å². The zero-order valence-electron chi connectivity index (χ0n) is 13.8. The lowest BCUT2D eigenvalue weighted by molar-refractivity contribution is -0.153. The van der Waals surface area contributed by atoms with Crippen molar-refractivity contribution in [1.82, 2.24) is 10.2 Å². The molecule has 0 atom stereocenters. The van der Waals surface area contributed by atoms with E-state index in [-0.39, 0.29) is 12.2 Å². The van der Waals surface area contributed by atoms with Gasteiger partial charge in [-0.3, -0.25) is 9.59 Å². The molecule has 0 aliphatic rings. The van der Waals surface area contributed by atoms with Gasteiger partial charge in [0.05, 0.1) is 11.4 Å². The van der Waals surface area contributed by atoms with E-state index in [0.717, 1.165) is 11.3 Å². The minimum atomic E-state index is -0.600. The highest BCUT2D eigenvalue weighted by atomic mass is 16.6. The molecule has 23 heavy (non-hydrogen) atoms. The van der Waals surface area contributed by atoms with Crippen molar-refractivity contribution in [2.75, 3.05) is 0 Å². The molecule has 0 aliphatic carbocycles. The Bertz CT molecular complexity index is 716. The first-order valence-electron chi connectivity index (χ1n) is 7.40. The third kappa shape index (κ3) is 4.98. The van der Waals surface area contributed by atoms with Crippen molar-refractivity contribution in [3.05, 3.63) is 47.7 Å². The summed E-state index contributed by atoms with van der Waals surface area (Å²) >= 11 is 0. The van der Waals surface area contributed by atoms with Crippen LogP contribution < -0.4 is 0 Å². The van der Waals surface area contributed by atoms with Gasteiger partial charge in [0.2, 0.25) is 0 Å². The molecule has 0 fully saturated rings. The number of esters is 1. The predicted molar refractivity (Wildman–Crippen MR) is 87.0 cm³/mol. The molecule has 0 bridgehead atoms. The van der Waals surface area contributed by atoms with Crippen molar-refractivity contribution in [2.45, 2.75) is 39.7 Å². The maximum Gasteiger partial charge on any atom is 0.314 e. The van der Waals surface area contributed by atoms with E-state index in [4.69, 9.17) is 4.74 Å². The number of aromatic nitrogens is 2. The van der Waals surface area contributed by atoms with Crippen LogP contribution in [0.2, 0.25) is 0 Å². The Labute approximate surface area is 135 Å². The van der Waals surface area contributed by atoms with Gasteiger partial charge in [-0.1, -0.05) is 18.2 Å². The van der Waals surface area contributed by atoms with E-state index >= 15 is 0 Å². The van der Waals surface area contributed by atoms with Crippen LogP contribution in [0.1, 0.15) is 43.2 Å². The van der Waals surface area contributed by atoms with Crippen LogP contribution in [0.25, 0.3) is 11.3 Å². The molecule has 2 aromatic rings. The second-order valence-electron chi connectivity index (χ2n) is 6.33. The quantitative estimate of drug-likeness (QED) is 0.492. The minimum absolute atomic E-state index is 0.277. The number of hydrogen-bond acceptors (Lipinski definition) is 5. The first kappa shape index (κ1) is 16.8. The molecular weight excluding hydrogens is 292 g/mol. The summed E-state index contributed by atoms with van der Waals surface area (Å²) in [6.45, 7) is 7.17. The summed E-state index contributed by atoms with van der Waals surface area (Å²) in [5.74, 6) is -0.802. The second kappa shape index (κ2) is 6.69. The molecule has 2 rings (SSSR count). The number of Topliss-reactive ketones (excluding diaryl/α,β-unsaturated/α-hetero) is 1. The first-order chi connectivity index (χ1) is 10.7. The summed E-state index contributed by atoms with van der Waals surface area (Å²) < 4.78 is 5.18. The number of carbonyl (C=O) groups excluding carboxylic acids is 2. The SMILES string of the molecule is Cc1ccc(-c2cccc(C(=O)CC(=O)OC(C)(C)C)c2)nn1. The number of ether oxygens (including phenoxy) is 1.